The first-order valence-electron chi connectivity index (χ1n) is 7.15. The Balaban J connectivity index is 2.59. The van der Waals surface area contributed by atoms with Crippen LogP contribution in [-0.2, 0) is 4.79 Å². The van der Waals surface area contributed by atoms with Crippen molar-refractivity contribution in [2.45, 2.75) is 27.7 Å². The van der Waals surface area contributed by atoms with Crippen LogP contribution in [0.1, 0.15) is 27.7 Å². The number of hydrogen-bond acceptors (Lipinski definition) is 2. The predicted molar refractivity (Wildman–Crippen MR) is 81.1 cm³/mol. The fourth-order valence-corrected chi connectivity index (χ4v) is 2.19. The third kappa shape index (κ3) is 6.15. The molecule has 1 rings (SSSR count). The van der Waals surface area contributed by atoms with Gasteiger partial charge in [-0.05, 0) is 24.0 Å². The van der Waals surface area contributed by atoms with Gasteiger partial charge in [0.2, 0.25) is 5.91 Å². The van der Waals surface area contributed by atoms with E-state index < -0.39 is 5.82 Å². The highest BCUT2D eigenvalue weighted by Gasteiger charge is 2.14. The maximum Gasteiger partial charge on any atom is 0.238 e. The van der Waals surface area contributed by atoms with Crippen LogP contribution in [0.25, 0.3) is 0 Å². The third-order valence-electron chi connectivity index (χ3n) is 2.76. The number of amides is 1. The zero-order valence-corrected chi connectivity index (χ0v) is 12.8. The highest BCUT2D eigenvalue weighted by atomic mass is 19.1. The molecule has 0 aromatic heterocycles. The van der Waals surface area contributed by atoms with E-state index in [1.807, 2.05) is 0 Å². The van der Waals surface area contributed by atoms with Gasteiger partial charge in [0.25, 0.3) is 0 Å². The second-order valence-corrected chi connectivity index (χ2v) is 6.01. The SMILES string of the molecule is CC(C)CN(CC(=O)Nc1ccccc1F)CC(C)C. The summed E-state index contributed by atoms with van der Waals surface area (Å²) in [5.74, 6) is 0.418. The molecule has 1 aromatic carbocycles. The van der Waals surface area contributed by atoms with E-state index in [1.165, 1.54) is 6.07 Å². The quantitative estimate of drug-likeness (QED) is 0.830. The summed E-state index contributed by atoms with van der Waals surface area (Å²) in [6.45, 7) is 10.5. The predicted octanol–water partition coefficient (Wildman–Crippen LogP) is 3.38. The molecule has 112 valence electrons. The first kappa shape index (κ1) is 16.6. The molecule has 1 N–H and O–H groups in total. The summed E-state index contributed by atoms with van der Waals surface area (Å²) in [4.78, 5) is 14.1. The molecule has 0 aliphatic heterocycles. The summed E-state index contributed by atoms with van der Waals surface area (Å²) in [6.07, 6.45) is 0. The van der Waals surface area contributed by atoms with Crippen molar-refractivity contribution in [1.82, 2.24) is 4.90 Å². The third-order valence-corrected chi connectivity index (χ3v) is 2.76. The molecular formula is C16H25FN2O. The van der Waals surface area contributed by atoms with Crippen molar-refractivity contribution in [1.29, 1.82) is 0 Å². The largest absolute Gasteiger partial charge is 0.322 e. The fraction of sp³-hybridized carbons (Fsp3) is 0.562. The highest BCUT2D eigenvalue weighted by molar-refractivity contribution is 5.92. The highest BCUT2D eigenvalue weighted by Crippen LogP contribution is 2.12. The number of carbonyl (C=O) groups is 1. The van der Waals surface area contributed by atoms with Gasteiger partial charge in [0.1, 0.15) is 5.82 Å². The van der Waals surface area contributed by atoms with E-state index in [9.17, 15) is 9.18 Å². The molecule has 0 aliphatic carbocycles. The first-order valence-corrected chi connectivity index (χ1v) is 7.15. The van der Waals surface area contributed by atoms with Crippen molar-refractivity contribution < 1.29 is 9.18 Å². The van der Waals surface area contributed by atoms with E-state index in [4.69, 9.17) is 0 Å². The minimum absolute atomic E-state index is 0.170. The van der Waals surface area contributed by atoms with Crippen LogP contribution >= 0.6 is 0 Å². The number of carbonyl (C=O) groups excluding carboxylic acids is 1. The van der Waals surface area contributed by atoms with Gasteiger partial charge in [-0.15, -0.1) is 0 Å². The maximum atomic E-state index is 13.5. The molecular weight excluding hydrogens is 255 g/mol. The molecule has 3 nitrogen and oxygen atoms in total. The maximum absolute atomic E-state index is 13.5. The Morgan fingerprint density at radius 1 is 1.15 bits per heavy atom. The van der Waals surface area contributed by atoms with Crippen molar-refractivity contribution in [3.8, 4) is 0 Å². The van der Waals surface area contributed by atoms with E-state index >= 15 is 0 Å². The second kappa shape index (κ2) is 8.00. The molecule has 0 bridgehead atoms. The Morgan fingerprint density at radius 2 is 1.70 bits per heavy atom. The standard InChI is InChI=1S/C16H25FN2O/c1-12(2)9-19(10-13(3)4)11-16(20)18-15-8-6-5-7-14(15)17/h5-8,12-13H,9-11H2,1-4H3,(H,18,20). The van der Waals surface area contributed by atoms with Gasteiger partial charge in [-0.3, -0.25) is 9.69 Å². The van der Waals surface area contributed by atoms with Crippen LogP contribution in [0.5, 0.6) is 0 Å². The Labute approximate surface area is 121 Å². The lowest BCUT2D eigenvalue weighted by molar-refractivity contribution is -0.117. The van der Waals surface area contributed by atoms with E-state index in [0.717, 1.165) is 13.1 Å². The van der Waals surface area contributed by atoms with E-state index in [2.05, 4.69) is 37.9 Å². The summed E-state index contributed by atoms with van der Waals surface area (Å²) in [5.41, 5.74) is 0.242. The van der Waals surface area contributed by atoms with Crippen molar-refractivity contribution in [2.24, 2.45) is 11.8 Å². The Hall–Kier alpha value is -1.42. The van der Waals surface area contributed by atoms with Crippen molar-refractivity contribution in [3.05, 3.63) is 30.1 Å². The number of nitrogens with zero attached hydrogens (tertiary/aromatic N) is 1. The van der Waals surface area contributed by atoms with Gasteiger partial charge in [0.15, 0.2) is 0 Å². The van der Waals surface area contributed by atoms with Crippen LogP contribution in [0.4, 0.5) is 10.1 Å². The van der Waals surface area contributed by atoms with Crippen molar-refractivity contribution in [3.63, 3.8) is 0 Å². The first-order chi connectivity index (χ1) is 9.38. The average Bonchev–Trinajstić information content (AvgIpc) is 2.30. The van der Waals surface area contributed by atoms with Gasteiger partial charge >= 0.3 is 0 Å². The summed E-state index contributed by atoms with van der Waals surface area (Å²) in [7, 11) is 0. The zero-order chi connectivity index (χ0) is 15.1. The molecule has 0 unspecified atom stereocenters. The molecule has 20 heavy (non-hydrogen) atoms. The van der Waals surface area contributed by atoms with Crippen molar-refractivity contribution >= 4 is 11.6 Å². The van der Waals surface area contributed by atoms with Gasteiger partial charge in [0.05, 0.1) is 12.2 Å². The zero-order valence-electron chi connectivity index (χ0n) is 12.8. The molecule has 4 heteroatoms. The minimum Gasteiger partial charge on any atom is -0.322 e. The van der Waals surface area contributed by atoms with Gasteiger partial charge in [-0.2, -0.15) is 0 Å². The van der Waals surface area contributed by atoms with Gasteiger partial charge < -0.3 is 5.32 Å². The molecule has 0 saturated heterocycles. The molecule has 0 heterocycles. The topological polar surface area (TPSA) is 32.3 Å². The smallest absolute Gasteiger partial charge is 0.238 e. The fourth-order valence-electron chi connectivity index (χ4n) is 2.19. The van der Waals surface area contributed by atoms with Gasteiger partial charge in [0, 0.05) is 13.1 Å². The molecule has 0 fully saturated rings. The van der Waals surface area contributed by atoms with Crippen LogP contribution < -0.4 is 5.32 Å². The summed E-state index contributed by atoms with van der Waals surface area (Å²) >= 11 is 0. The molecule has 0 spiro atoms. The Bertz CT molecular complexity index is 422. The number of benzene rings is 1. The second-order valence-electron chi connectivity index (χ2n) is 6.01. The summed E-state index contributed by atoms with van der Waals surface area (Å²) < 4.78 is 13.5. The number of para-hydroxylation sites is 1. The Morgan fingerprint density at radius 3 is 2.20 bits per heavy atom. The molecule has 0 saturated carbocycles. The summed E-state index contributed by atoms with van der Waals surface area (Å²) in [6, 6.07) is 6.23. The van der Waals surface area contributed by atoms with Gasteiger partial charge in [-0.25, -0.2) is 4.39 Å². The molecule has 1 amide bonds. The molecule has 0 radical (unpaired) electrons. The van der Waals surface area contributed by atoms with Crippen molar-refractivity contribution in [2.75, 3.05) is 25.0 Å². The van der Waals surface area contributed by atoms with Crippen LogP contribution in [0.3, 0.4) is 0 Å². The number of halogens is 1. The van der Waals surface area contributed by atoms with Crippen LogP contribution in [0.15, 0.2) is 24.3 Å². The van der Waals surface area contributed by atoms with Gasteiger partial charge in [-0.1, -0.05) is 39.8 Å². The normalized spacial score (nSPS) is 11.4. The minimum atomic E-state index is -0.403. The van der Waals surface area contributed by atoms with Crippen LogP contribution in [0, 0.1) is 17.7 Å². The van der Waals surface area contributed by atoms with E-state index in [0.29, 0.717) is 18.4 Å². The number of anilines is 1. The lowest BCUT2D eigenvalue weighted by atomic mass is 10.1. The molecule has 0 aliphatic rings. The molecule has 1 aromatic rings. The van der Waals surface area contributed by atoms with E-state index in [-0.39, 0.29) is 11.6 Å². The summed E-state index contributed by atoms with van der Waals surface area (Å²) in [5, 5.41) is 2.63. The number of rotatable bonds is 7. The van der Waals surface area contributed by atoms with E-state index in [1.54, 1.807) is 18.2 Å². The number of hydrogen-bond donors (Lipinski definition) is 1. The lowest BCUT2D eigenvalue weighted by Crippen LogP contribution is -2.38. The van der Waals surface area contributed by atoms with Crippen LogP contribution in [-0.4, -0.2) is 30.4 Å². The Kier molecular flexibility index (Phi) is 6.65. The molecule has 0 atom stereocenters. The monoisotopic (exact) mass is 280 g/mol. The average molecular weight is 280 g/mol. The lowest BCUT2D eigenvalue weighted by Gasteiger charge is -2.25. The van der Waals surface area contributed by atoms with Crippen LogP contribution in [0.2, 0.25) is 0 Å². The number of nitrogens with one attached hydrogen (secondary N) is 1.